The average molecular weight is 307 g/mol. The van der Waals surface area contributed by atoms with E-state index in [0.717, 1.165) is 24.6 Å². The molecular weight excluding hydrogens is 282 g/mol. The molecule has 0 radical (unpaired) electrons. The summed E-state index contributed by atoms with van der Waals surface area (Å²) in [6, 6.07) is 0.986. The zero-order valence-corrected chi connectivity index (χ0v) is 13.9. The van der Waals surface area contributed by atoms with Crippen LogP contribution in [-0.4, -0.2) is 45.9 Å². The Bertz CT molecular complexity index is 501. The van der Waals surface area contributed by atoms with Crippen LogP contribution in [0, 0.1) is 6.92 Å². The van der Waals surface area contributed by atoms with Crippen LogP contribution in [0.25, 0.3) is 0 Å². The van der Waals surface area contributed by atoms with Crippen molar-refractivity contribution in [2.75, 3.05) is 13.1 Å². The lowest BCUT2D eigenvalue weighted by molar-refractivity contribution is -0.132. The van der Waals surface area contributed by atoms with E-state index in [4.69, 9.17) is 0 Å². The van der Waals surface area contributed by atoms with E-state index >= 15 is 0 Å². The van der Waals surface area contributed by atoms with Gasteiger partial charge in [0.25, 0.3) is 0 Å². The topological polar surface area (TPSA) is 36.4 Å². The van der Waals surface area contributed by atoms with Crippen LogP contribution in [0.3, 0.4) is 0 Å². The molecule has 1 amide bonds. The van der Waals surface area contributed by atoms with Crippen molar-refractivity contribution in [1.82, 2.24) is 14.8 Å². The zero-order valence-electron chi connectivity index (χ0n) is 13.0. The summed E-state index contributed by atoms with van der Waals surface area (Å²) in [5.41, 5.74) is 0. The number of aryl methyl sites for hydroxylation is 1. The first-order valence-electron chi connectivity index (χ1n) is 8.14. The SMILES string of the molecule is CCC(=O)N1CCC[C@@H]1[C@@H]1CCCN1Cc1cnc(C)s1. The van der Waals surface area contributed by atoms with Gasteiger partial charge in [-0.25, -0.2) is 4.98 Å². The fourth-order valence-corrected chi connectivity index (χ4v) is 4.69. The number of likely N-dealkylation sites (tertiary alicyclic amines) is 2. The lowest BCUT2D eigenvalue weighted by Crippen LogP contribution is -2.47. The average Bonchev–Trinajstić information content (AvgIpc) is 3.18. The number of thiazole rings is 1. The number of rotatable bonds is 4. The molecule has 1 aromatic heterocycles. The predicted molar refractivity (Wildman–Crippen MR) is 85.3 cm³/mol. The highest BCUT2D eigenvalue weighted by atomic mass is 32.1. The van der Waals surface area contributed by atoms with Gasteiger partial charge in [-0.1, -0.05) is 6.92 Å². The molecule has 3 heterocycles. The monoisotopic (exact) mass is 307 g/mol. The highest BCUT2D eigenvalue weighted by Gasteiger charge is 2.39. The molecule has 2 aliphatic heterocycles. The number of hydrogen-bond acceptors (Lipinski definition) is 4. The molecule has 2 atom stereocenters. The van der Waals surface area contributed by atoms with Gasteiger partial charge in [0, 0.05) is 42.7 Å². The van der Waals surface area contributed by atoms with Crippen LogP contribution in [0.15, 0.2) is 6.20 Å². The van der Waals surface area contributed by atoms with Gasteiger partial charge in [0.1, 0.15) is 0 Å². The van der Waals surface area contributed by atoms with Crippen LogP contribution >= 0.6 is 11.3 Å². The molecular formula is C16H25N3OS. The van der Waals surface area contributed by atoms with Gasteiger partial charge < -0.3 is 4.90 Å². The Kier molecular flexibility index (Phi) is 4.60. The number of amides is 1. The van der Waals surface area contributed by atoms with Crippen molar-refractivity contribution in [3.8, 4) is 0 Å². The van der Waals surface area contributed by atoms with E-state index in [9.17, 15) is 4.79 Å². The number of nitrogens with zero attached hydrogens (tertiary/aromatic N) is 3. The normalized spacial score (nSPS) is 26.7. The summed E-state index contributed by atoms with van der Waals surface area (Å²) in [6.45, 7) is 7.16. The molecule has 21 heavy (non-hydrogen) atoms. The van der Waals surface area contributed by atoms with Crippen molar-refractivity contribution in [2.24, 2.45) is 0 Å². The highest BCUT2D eigenvalue weighted by Crippen LogP contribution is 2.32. The Morgan fingerprint density at radius 2 is 2.10 bits per heavy atom. The van der Waals surface area contributed by atoms with E-state index in [2.05, 4.69) is 21.7 Å². The van der Waals surface area contributed by atoms with Crippen molar-refractivity contribution in [3.63, 3.8) is 0 Å². The predicted octanol–water partition coefficient (Wildman–Crippen LogP) is 2.82. The van der Waals surface area contributed by atoms with Gasteiger partial charge in [0.2, 0.25) is 5.91 Å². The first kappa shape index (κ1) is 15.0. The Hall–Kier alpha value is -0.940. The summed E-state index contributed by atoms with van der Waals surface area (Å²) < 4.78 is 0. The zero-order chi connectivity index (χ0) is 14.8. The molecule has 0 bridgehead atoms. The molecule has 5 heteroatoms. The quantitative estimate of drug-likeness (QED) is 0.858. The van der Waals surface area contributed by atoms with Crippen molar-refractivity contribution < 1.29 is 4.79 Å². The molecule has 4 nitrogen and oxygen atoms in total. The smallest absolute Gasteiger partial charge is 0.222 e. The standard InChI is InChI=1S/C16H25N3OS/c1-3-16(20)19-9-5-7-15(19)14-6-4-8-18(14)11-13-10-17-12(2)21-13/h10,14-15H,3-9,11H2,1-2H3/t14-,15+/m0/s1. The van der Waals surface area contributed by atoms with Gasteiger partial charge in [0.05, 0.1) is 5.01 Å². The van der Waals surface area contributed by atoms with Gasteiger partial charge in [-0.3, -0.25) is 9.69 Å². The van der Waals surface area contributed by atoms with Gasteiger partial charge in [-0.15, -0.1) is 11.3 Å². The van der Waals surface area contributed by atoms with Crippen LogP contribution in [0.2, 0.25) is 0 Å². The maximum Gasteiger partial charge on any atom is 0.222 e. The van der Waals surface area contributed by atoms with Gasteiger partial charge in [-0.2, -0.15) is 0 Å². The Morgan fingerprint density at radius 1 is 1.33 bits per heavy atom. The maximum atomic E-state index is 12.1. The second kappa shape index (κ2) is 6.44. The summed E-state index contributed by atoms with van der Waals surface area (Å²) in [5, 5.41) is 1.14. The third-order valence-electron chi connectivity index (χ3n) is 4.81. The lowest BCUT2D eigenvalue weighted by atomic mass is 10.0. The molecule has 0 unspecified atom stereocenters. The summed E-state index contributed by atoms with van der Waals surface area (Å²) >= 11 is 1.80. The third kappa shape index (κ3) is 3.14. The molecule has 0 aromatic carbocycles. The molecule has 0 saturated carbocycles. The molecule has 2 aliphatic rings. The molecule has 2 fully saturated rings. The summed E-state index contributed by atoms with van der Waals surface area (Å²) in [7, 11) is 0. The van der Waals surface area contributed by atoms with E-state index in [1.165, 1.54) is 30.6 Å². The molecule has 0 aliphatic carbocycles. The number of carbonyl (C=O) groups excluding carboxylic acids is 1. The second-order valence-electron chi connectivity index (χ2n) is 6.18. The van der Waals surface area contributed by atoms with Crippen molar-refractivity contribution in [2.45, 2.75) is 64.6 Å². The first-order chi connectivity index (χ1) is 10.2. The van der Waals surface area contributed by atoms with Gasteiger partial charge >= 0.3 is 0 Å². The minimum Gasteiger partial charge on any atom is -0.338 e. The molecule has 2 saturated heterocycles. The first-order valence-corrected chi connectivity index (χ1v) is 8.95. The molecule has 116 valence electrons. The number of carbonyl (C=O) groups is 1. The fraction of sp³-hybridized carbons (Fsp3) is 0.750. The van der Waals surface area contributed by atoms with Crippen LogP contribution < -0.4 is 0 Å². The van der Waals surface area contributed by atoms with E-state index in [0.29, 0.717) is 24.4 Å². The van der Waals surface area contributed by atoms with E-state index in [-0.39, 0.29) is 0 Å². The third-order valence-corrected chi connectivity index (χ3v) is 5.71. The summed E-state index contributed by atoms with van der Waals surface area (Å²) in [4.78, 5) is 22.6. The second-order valence-corrected chi connectivity index (χ2v) is 7.50. The van der Waals surface area contributed by atoms with E-state index < -0.39 is 0 Å². The number of hydrogen-bond donors (Lipinski definition) is 0. The largest absolute Gasteiger partial charge is 0.338 e. The van der Waals surface area contributed by atoms with Gasteiger partial charge in [-0.05, 0) is 39.2 Å². The summed E-state index contributed by atoms with van der Waals surface area (Å²) in [5.74, 6) is 0.331. The highest BCUT2D eigenvalue weighted by molar-refractivity contribution is 7.11. The van der Waals surface area contributed by atoms with Gasteiger partial charge in [0.15, 0.2) is 0 Å². The minimum atomic E-state index is 0.331. The lowest BCUT2D eigenvalue weighted by Gasteiger charge is -2.34. The Morgan fingerprint density at radius 3 is 2.81 bits per heavy atom. The molecule has 1 aromatic rings. The van der Waals surface area contributed by atoms with Crippen molar-refractivity contribution in [3.05, 3.63) is 16.1 Å². The van der Waals surface area contributed by atoms with Crippen LogP contribution in [0.1, 0.15) is 48.9 Å². The van der Waals surface area contributed by atoms with Crippen LogP contribution in [0.5, 0.6) is 0 Å². The Balaban J connectivity index is 1.69. The maximum absolute atomic E-state index is 12.1. The summed E-state index contributed by atoms with van der Waals surface area (Å²) in [6.07, 6.45) is 7.48. The fourth-order valence-electron chi connectivity index (χ4n) is 3.87. The van der Waals surface area contributed by atoms with Crippen molar-refractivity contribution in [1.29, 1.82) is 0 Å². The molecule has 0 N–H and O–H groups in total. The van der Waals surface area contributed by atoms with E-state index in [1.54, 1.807) is 11.3 Å². The van der Waals surface area contributed by atoms with Crippen LogP contribution in [-0.2, 0) is 11.3 Å². The molecule has 0 spiro atoms. The van der Waals surface area contributed by atoms with Crippen LogP contribution in [0.4, 0.5) is 0 Å². The Labute approximate surface area is 131 Å². The minimum absolute atomic E-state index is 0.331. The van der Waals surface area contributed by atoms with E-state index in [1.807, 2.05) is 13.1 Å². The number of aromatic nitrogens is 1. The van der Waals surface area contributed by atoms with Crippen molar-refractivity contribution >= 4 is 17.2 Å². The molecule has 3 rings (SSSR count).